The molecule has 0 aliphatic rings. The van der Waals surface area contributed by atoms with Crippen molar-refractivity contribution >= 4 is 17.4 Å². The third kappa shape index (κ3) is 3.21. The van der Waals surface area contributed by atoms with E-state index in [2.05, 4.69) is 6.07 Å². The summed E-state index contributed by atoms with van der Waals surface area (Å²) in [5.41, 5.74) is 8.14. The summed E-state index contributed by atoms with van der Waals surface area (Å²) in [5, 5.41) is 9.05. The molecule has 2 aromatic carbocycles. The number of anilines is 1. The molecule has 4 heteroatoms. The van der Waals surface area contributed by atoms with Crippen LogP contribution in [0.4, 0.5) is 5.69 Å². The van der Waals surface area contributed by atoms with E-state index in [1.54, 1.807) is 24.9 Å². The number of nitrogens with two attached hydrogens (primary N) is 1. The summed E-state index contributed by atoms with van der Waals surface area (Å²) >= 11 is 1.63. The predicted molar refractivity (Wildman–Crippen MR) is 78.1 cm³/mol. The van der Waals surface area contributed by atoms with Crippen LogP contribution >= 0.6 is 11.8 Å². The van der Waals surface area contributed by atoms with Gasteiger partial charge in [0.05, 0.1) is 18.7 Å². The minimum absolute atomic E-state index is 0.679. The second kappa shape index (κ2) is 6.17. The van der Waals surface area contributed by atoms with Gasteiger partial charge in [-0.15, -0.1) is 11.8 Å². The normalized spacial score (nSPS) is 9.89. The topological polar surface area (TPSA) is 59.0 Å². The van der Waals surface area contributed by atoms with Crippen molar-refractivity contribution in [3.05, 3.63) is 53.6 Å². The molecule has 0 saturated carbocycles. The molecule has 0 heterocycles. The second-order valence-corrected chi connectivity index (χ2v) is 4.99. The Morgan fingerprint density at radius 3 is 2.79 bits per heavy atom. The molecule has 19 heavy (non-hydrogen) atoms. The van der Waals surface area contributed by atoms with E-state index < -0.39 is 0 Å². The first-order valence-corrected chi connectivity index (χ1v) is 6.77. The zero-order valence-electron chi connectivity index (χ0n) is 10.6. The molecule has 96 valence electrons. The standard InChI is InChI=1S/C15H14N2OS/c1-18-14-8-13(17)6-7-15(14)19-10-12-5-3-2-4-11(12)9-16/h2-8H,10,17H2,1H3. The van der Waals surface area contributed by atoms with E-state index >= 15 is 0 Å². The van der Waals surface area contributed by atoms with Crippen molar-refractivity contribution in [2.75, 3.05) is 12.8 Å². The van der Waals surface area contributed by atoms with Gasteiger partial charge in [-0.05, 0) is 23.8 Å². The van der Waals surface area contributed by atoms with Gasteiger partial charge in [0.1, 0.15) is 5.75 Å². The fourth-order valence-electron chi connectivity index (χ4n) is 1.71. The van der Waals surface area contributed by atoms with Crippen LogP contribution in [0.15, 0.2) is 47.4 Å². The quantitative estimate of drug-likeness (QED) is 0.683. The molecule has 0 aromatic heterocycles. The Balaban J connectivity index is 2.17. The third-order valence-electron chi connectivity index (χ3n) is 2.71. The summed E-state index contributed by atoms with van der Waals surface area (Å²) in [4.78, 5) is 1.02. The fraction of sp³-hybridized carbons (Fsp3) is 0.133. The van der Waals surface area contributed by atoms with E-state index in [1.165, 1.54) is 0 Å². The lowest BCUT2D eigenvalue weighted by Crippen LogP contribution is -1.91. The van der Waals surface area contributed by atoms with E-state index in [4.69, 9.17) is 15.7 Å². The van der Waals surface area contributed by atoms with Crippen LogP contribution in [-0.2, 0) is 5.75 Å². The van der Waals surface area contributed by atoms with Crippen molar-refractivity contribution in [2.45, 2.75) is 10.6 Å². The Morgan fingerprint density at radius 1 is 1.26 bits per heavy atom. The van der Waals surface area contributed by atoms with Gasteiger partial charge < -0.3 is 10.5 Å². The lowest BCUT2D eigenvalue weighted by atomic mass is 10.1. The lowest BCUT2D eigenvalue weighted by Gasteiger charge is -2.09. The molecule has 0 spiro atoms. The molecule has 0 aliphatic carbocycles. The summed E-state index contributed by atoms with van der Waals surface area (Å²) in [6.07, 6.45) is 0. The highest BCUT2D eigenvalue weighted by atomic mass is 32.2. The molecule has 2 rings (SSSR count). The van der Waals surface area contributed by atoms with Crippen molar-refractivity contribution in [1.82, 2.24) is 0 Å². The van der Waals surface area contributed by atoms with E-state index in [0.29, 0.717) is 11.3 Å². The van der Waals surface area contributed by atoms with Gasteiger partial charge in [0, 0.05) is 22.4 Å². The zero-order chi connectivity index (χ0) is 13.7. The van der Waals surface area contributed by atoms with Crippen molar-refractivity contribution in [1.29, 1.82) is 5.26 Å². The highest BCUT2D eigenvalue weighted by Crippen LogP contribution is 2.33. The third-order valence-corrected chi connectivity index (χ3v) is 3.81. The predicted octanol–water partition coefficient (Wildman–Crippen LogP) is 3.44. The summed E-state index contributed by atoms with van der Waals surface area (Å²) in [6.45, 7) is 0. The lowest BCUT2D eigenvalue weighted by molar-refractivity contribution is 0.405. The first-order valence-electron chi connectivity index (χ1n) is 5.79. The number of nitriles is 1. The summed E-state index contributed by atoms with van der Waals surface area (Å²) in [7, 11) is 1.63. The number of nitrogens with zero attached hydrogens (tertiary/aromatic N) is 1. The van der Waals surface area contributed by atoms with Crippen LogP contribution in [0.2, 0.25) is 0 Å². The number of hydrogen-bond acceptors (Lipinski definition) is 4. The molecule has 0 aliphatic heterocycles. The monoisotopic (exact) mass is 270 g/mol. The number of rotatable bonds is 4. The van der Waals surface area contributed by atoms with Gasteiger partial charge in [-0.2, -0.15) is 5.26 Å². The van der Waals surface area contributed by atoms with Crippen molar-refractivity contribution in [3.8, 4) is 11.8 Å². The number of hydrogen-bond donors (Lipinski definition) is 1. The number of nitrogen functional groups attached to an aromatic ring is 1. The molecule has 0 saturated heterocycles. The number of methoxy groups -OCH3 is 1. The molecule has 0 atom stereocenters. The van der Waals surface area contributed by atoms with Crippen molar-refractivity contribution in [2.24, 2.45) is 0 Å². The van der Waals surface area contributed by atoms with Crippen LogP contribution < -0.4 is 10.5 Å². The van der Waals surface area contributed by atoms with Gasteiger partial charge in [-0.3, -0.25) is 0 Å². The van der Waals surface area contributed by atoms with Crippen molar-refractivity contribution < 1.29 is 4.74 Å². The van der Waals surface area contributed by atoms with Gasteiger partial charge in [0.25, 0.3) is 0 Å². The Labute approximate surface area is 117 Å². The van der Waals surface area contributed by atoms with E-state index in [-0.39, 0.29) is 0 Å². The Bertz CT molecular complexity index is 620. The molecule has 2 aromatic rings. The SMILES string of the molecule is COc1cc(N)ccc1SCc1ccccc1C#N. The van der Waals surface area contributed by atoms with Crippen LogP contribution in [0.3, 0.4) is 0 Å². The number of benzene rings is 2. The Kier molecular flexibility index (Phi) is 4.32. The molecular formula is C15H14N2OS. The van der Waals surface area contributed by atoms with Crippen molar-refractivity contribution in [3.63, 3.8) is 0 Å². The fourth-order valence-corrected chi connectivity index (χ4v) is 2.73. The van der Waals surface area contributed by atoms with Gasteiger partial charge in [0.15, 0.2) is 0 Å². The van der Waals surface area contributed by atoms with E-state index in [9.17, 15) is 0 Å². The summed E-state index contributed by atoms with van der Waals surface area (Å²) in [5.74, 6) is 1.49. The second-order valence-electron chi connectivity index (χ2n) is 3.97. The Morgan fingerprint density at radius 2 is 2.05 bits per heavy atom. The largest absolute Gasteiger partial charge is 0.496 e. The average Bonchev–Trinajstić information content (AvgIpc) is 2.46. The average molecular weight is 270 g/mol. The van der Waals surface area contributed by atoms with Gasteiger partial charge in [0.2, 0.25) is 0 Å². The highest BCUT2D eigenvalue weighted by Gasteiger charge is 2.06. The minimum atomic E-state index is 0.679. The van der Waals surface area contributed by atoms with Crippen LogP contribution in [0.1, 0.15) is 11.1 Å². The van der Waals surface area contributed by atoms with Crippen LogP contribution in [0, 0.1) is 11.3 Å². The Hall–Kier alpha value is -2.12. The van der Waals surface area contributed by atoms with Crippen LogP contribution in [-0.4, -0.2) is 7.11 Å². The highest BCUT2D eigenvalue weighted by molar-refractivity contribution is 7.98. The smallest absolute Gasteiger partial charge is 0.134 e. The van der Waals surface area contributed by atoms with E-state index in [1.807, 2.05) is 36.4 Å². The summed E-state index contributed by atoms with van der Waals surface area (Å²) in [6, 6.07) is 15.4. The molecule has 0 bridgehead atoms. The number of thioether (sulfide) groups is 1. The molecule has 0 amide bonds. The van der Waals surface area contributed by atoms with Gasteiger partial charge in [-0.25, -0.2) is 0 Å². The number of ether oxygens (including phenoxy) is 1. The maximum Gasteiger partial charge on any atom is 0.134 e. The maximum atomic E-state index is 9.05. The van der Waals surface area contributed by atoms with Gasteiger partial charge >= 0.3 is 0 Å². The first kappa shape index (κ1) is 13.3. The van der Waals surface area contributed by atoms with Gasteiger partial charge in [-0.1, -0.05) is 18.2 Å². The van der Waals surface area contributed by atoms with Crippen LogP contribution in [0.25, 0.3) is 0 Å². The molecule has 2 N–H and O–H groups in total. The molecule has 0 radical (unpaired) electrons. The molecular weight excluding hydrogens is 256 g/mol. The minimum Gasteiger partial charge on any atom is -0.496 e. The maximum absolute atomic E-state index is 9.05. The molecule has 0 unspecified atom stereocenters. The first-order chi connectivity index (χ1) is 9.24. The molecule has 3 nitrogen and oxygen atoms in total. The van der Waals surface area contributed by atoms with E-state index in [0.717, 1.165) is 22.0 Å². The van der Waals surface area contributed by atoms with Crippen LogP contribution in [0.5, 0.6) is 5.75 Å². The zero-order valence-corrected chi connectivity index (χ0v) is 11.4. The summed E-state index contributed by atoms with van der Waals surface area (Å²) < 4.78 is 5.31. The molecule has 0 fully saturated rings.